The van der Waals surface area contributed by atoms with E-state index in [1.807, 2.05) is 6.92 Å². The first-order chi connectivity index (χ1) is 6.02. The standard InChI is InChI=1S/C12H24O/c1-10(2)7-8-11-6-4-5-9-12(11,3)13/h10-11,13H,4-9H2,1-3H3/t11-,12+/m1/s1. The summed E-state index contributed by atoms with van der Waals surface area (Å²) in [5.74, 6) is 1.33. The van der Waals surface area contributed by atoms with Crippen LogP contribution in [0, 0.1) is 11.8 Å². The van der Waals surface area contributed by atoms with Gasteiger partial charge in [0.2, 0.25) is 0 Å². The highest BCUT2D eigenvalue weighted by Crippen LogP contribution is 2.36. The van der Waals surface area contributed by atoms with Crippen LogP contribution in [0.4, 0.5) is 0 Å². The van der Waals surface area contributed by atoms with Gasteiger partial charge in [-0.1, -0.05) is 33.1 Å². The SMILES string of the molecule is CC(C)CC[C@H]1CCCC[C@]1(C)O. The van der Waals surface area contributed by atoms with Crippen LogP contribution in [0.25, 0.3) is 0 Å². The molecule has 0 aromatic rings. The molecule has 0 saturated heterocycles. The fourth-order valence-corrected chi connectivity index (χ4v) is 2.38. The van der Waals surface area contributed by atoms with Crippen molar-refractivity contribution in [2.45, 2.75) is 64.9 Å². The Hall–Kier alpha value is -0.0400. The molecule has 0 radical (unpaired) electrons. The van der Waals surface area contributed by atoms with E-state index >= 15 is 0 Å². The quantitative estimate of drug-likeness (QED) is 0.713. The minimum absolute atomic E-state index is 0.368. The van der Waals surface area contributed by atoms with Crippen LogP contribution >= 0.6 is 0 Å². The van der Waals surface area contributed by atoms with Crippen LogP contribution in [-0.4, -0.2) is 10.7 Å². The predicted molar refractivity (Wildman–Crippen MR) is 56.7 cm³/mol. The summed E-state index contributed by atoms with van der Waals surface area (Å²) < 4.78 is 0. The van der Waals surface area contributed by atoms with Crippen LogP contribution in [0.1, 0.15) is 59.3 Å². The Bertz CT molecular complexity index is 149. The Morgan fingerprint density at radius 1 is 1.38 bits per heavy atom. The molecule has 1 aliphatic carbocycles. The highest BCUT2D eigenvalue weighted by molar-refractivity contribution is 4.85. The molecule has 0 aromatic carbocycles. The predicted octanol–water partition coefficient (Wildman–Crippen LogP) is 3.36. The molecule has 1 fully saturated rings. The Balaban J connectivity index is 2.37. The van der Waals surface area contributed by atoms with Gasteiger partial charge in [0, 0.05) is 0 Å². The number of aliphatic hydroxyl groups is 1. The smallest absolute Gasteiger partial charge is 0.0647 e. The molecule has 1 aliphatic rings. The maximum Gasteiger partial charge on any atom is 0.0647 e. The lowest BCUT2D eigenvalue weighted by molar-refractivity contribution is -0.0365. The lowest BCUT2D eigenvalue weighted by Gasteiger charge is -2.37. The van der Waals surface area contributed by atoms with Crippen molar-refractivity contribution >= 4 is 0 Å². The maximum atomic E-state index is 10.1. The number of rotatable bonds is 3. The van der Waals surface area contributed by atoms with Gasteiger partial charge in [0.1, 0.15) is 0 Å². The van der Waals surface area contributed by atoms with Crippen LogP contribution < -0.4 is 0 Å². The van der Waals surface area contributed by atoms with Crippen molar-refractivity contribution in [3.8, 4) is 0 Å². The molecule has 2 atom stereocenters. The molecule has 0 bridgehead atoms. The molecule has 1 N–H and O–H groups in total. The number of hydrogen-bond donors (Lipinski definition) is 1. The van der Waals surface area contributed by atoms with Gasteiger partial charge in [-0.05, 0) is 38.0 Å². The average Bonchev–Trinajstić information content (AvgIpc) is 2.01. The van der Waals surface area contributed by atoms with Crippen LogP contribution in [0.3, 0.4) is 0 Å². The van der Waals surface area contributed by atoms with E-state index in [2.05, 4.69) is 13.8 Å². The molecule has 78 valence electrons. The van der Waals surface area contributed by atoms with Gasteiger partial charge in [-0.15, -0.1) is 0 Å². The third-order valence-corrected chi connectivity index (χ3v) is 3.46. The largest absolute Gasteiger partial charge is 0.390 e. The van der Waals surface area contributed by atoms with E-state index in [-0.39, 0.29) is 5.60 Å². The summed E-state index contributed by atoms with van der Waals surface area (Å²) in [5, 5.41) is 10.1. The highest BCUT2D eigenvalue weighted by Gasteiger charge is 2.33. The third-order valence-electron chi connectivity index (χ3n) is 3.46. The van der Waals surface area contributed by atoms with Gasteiger partial charge in [-0.2, -0.15) is 0 Å². The lowest BCUT2D eigenvalue weighted by atomic mass is 9.74. The molecule has 0 heterocycles. The van der Waals surface area contributed by atoms with Gasteiger partial charge in [0.25, 0.3) is 0 Å². The highest BCUT2D eigenvalue weighted by atomic mass is 16.3. The molecule has 0 amide bonds. The van der Waals surface area contributed by atoms with Gasteiger partial charge < -0.3 is 5.11 Å². The monoisotopic (exact) mass is 184 g/mol. The Kier molecular flexibility index (Phi) is 3.78. The molecule has 0 spiro atoms. The molecule has 1 nitrogen and oxygen atoms in total. The zero-order valence-electron chi connectivity index (χ0n) is 9.34. The molecule has 1 heteroatoms. The summed E-state index contributed by atoms with van der Waals surface area (Å²) in [7, 11) is 0. The van der Waals surface area contributed by atoms with Crippen LogP contribution in [0.2, 0.25) is 0 Å². The molecule has 0 aromatic heterocycles. The van der Waals surface area contributed by atoms with Crippen molar-refractivity contribution in [2.24, 2.45) is 11.8 Å². The van der Waals surface area contributed by atoms with Gasteiger partial charge in [0.15, 0.2) is 0 Å². The minimum Gasteiger partial charge on any atom is -0.390 e. The average molecular weight is 184 g/mol. The van der Waals surface area contributed by atoms with Crippen molar-refractivity contribution in [3.05, 3.63) is 0 Å². The van der Waals surface area contributed by atoms with Crippen molar-refractivity contribution < 1.29 is 5.11 Å². The summed E-state index contributed by atoms with van der Waals surface area (Å²) in [6.07, 6.45) is 7.26. The van der Waals surface area contributed by atoms with Gasteiger partial charge >= 0.3 is 0 Å². The van der Waals surface area contributed by atoms with E-state index in [0.717, 1.165) is 12.3 Å². The Labute approximate surface area is 82.5 Å². The molecule has 0 unspecified atom stereocenters. The molecule has 0 aliphatic heterocycles. The number of hydrogen-bond acceptors (Lipinski definition) is 1. The van der Waals surface area contributed by atoms with E-state index < -0.39 is 0 Å². The van der Waals surface area contributed by atoms with Crippen molar-refractivity contribution in [2.75, 3.05) is 0 Å². The second kappa shape index (κ2) is 4.45. The molecular weight excluding hydrogens is 160 g/mol. The van der Waals surface area contributed by atoms with Gasteiger partial charge in [-0.25, -0.2) is 0 Å². The lowest BCUT2D eigenvalue weighted by Crippen LogP contribution is -2.37. The van der Waals surface area contributed by atoms with Crippen LogP contribution in [0.15, 0.2) is 0 Å². The van der Waals surface area contributed by atoms with Gasteiger partial charge in [0.05, 0.1) is 5.60 Å². The van der Waals surface area contributed by atoms with E-state index in [9.17, 15) is 5.11 Å². The summed E-state index contributed by atoms with van der Waals surface area (Å²) in [5.41, 5.74) is -0.368. The Morgan fingerprint density at radius 2 is 2.08 bits per heavy atom. The summed E-state index contributed by atoms with van der Waals surface area (Å²) in [4.78, 5) is 0. The third kappa shape index (κ3) is 3.30. The minimum atomic E-state index is -0.368. The molecule has 13 heavy (non-hydrogen) atoms. The zero-order valence-corrected chi connectivity index (χ0v) is 9.34. The van der Waals surface area contributed by atoms with E-state index in [4.69, 9.17) is 0 Å². The van der Waals surface area contributed by atoms with Crippen molar-refractivity contribution in [1.29, 1.82) is 0 Å². The van der Waals surface area contributed by atoms with E-state index in [1.165, 1.54) is 32.1 Å². The van der Waals surface area contributed by atoms with Crippen LogP contribution in [-0.2, 0) is 0 Å². The maximum absolute atomic E-state index is 10.1. The fraction of sp³-hybridized carbons (Fsp3) is 1.00. The zero-order chi connectivity index (χ0) is 9.90. The van der Waals surface area contributed by atoms with Crippen molar-refractivity contribution in [1.82, 2.24) is 0 Å². The van der Waals surface area contributed by atoms with E-state index in [1.54, 1.807) is 0 Å². The topological polar surface area (TPSA) is 20.2 Å². The van der Waals surface area contributed by atoms with Crippen LogP contribution in [0.5, 0.6) is 0 Å². The Morgan fingerprint density at radius 3 is 2.62 bits per heavy atom. The first kappa shape index (κ1) is 11.0. The second-order valence-corrected chi connectivity index (χ2v) is 5.27. The molecule has 1 saturated carbocycles. The summed E-state index contributed by atoms with van der Waals surface area (Å²) in [6.45, 7) is 6.55. The normalized spacial score (nSPS) is 35.3. The van der Waals surface area contributed by atoms with Crippen molar-refractivity contribution in [3.63, 3.8) is 0 Å². The fourth-order valence-electron chi connectivity index (χ4n) is 2.38. The second-order valence-electron chi connectivity index (χ2n) is 5.27. The summed E-state index contributed by atoms with van der Waals surface area (Å²) in [6, 6.07) is 0. The molecular formula is C12H24O. The first-order valence-corrected chi connectivity index (χ1v) is 5.75. The van der Waals surface area contributed by atoms with E-state index in [0.29, 0.717) is 5.92 Å². The first-order valence-electron chi connectivity index (χ1n) is 5.75. The van der Waals surface area contributed by atoms with Gasteiger partial charge in [-0.3, -0.25) is 0 Å². The molecule has 1 rings (SSSR count). The summed E-state index contributed by atoms with van der Waals surface area (Å²) >= 11 is 0.